The molecule has 1 fully saturated rings. The zero-order chi connectivity index (χ0) is 25.9. The number of carboxylic acid groups (broad SMARTS) is 1. The Hall–Kier alpha value is -3.60. The summed E-state index contributed by atoms with van der Waals surface area (Å²) in [7, 11) is 0. The van der Waals surface area contributed by atoms with E-state index in [-0.39, 0.29) is 11.9 Å². The number of benzene rings is 2. The van der Waals surface area contributed by atoms with Crippen molar-refractivity contribution in [3.05, 3.63) is 59.7 Å². The normalized spacial score (nSPS) is 23.1. The first-order valence-electron chi connectivity index (χ1n) is 11.6. The van der Waals surface area contributed by atoms with E-state index in [1.807, 2.05) is 11.8 Å². The van der Waals surface area contributed by atoms with Gasteiger partial charge in [0.15, 0.2) is 5.84 Å². The van der Waals surface area contributed by atoms with Gasteiger partial charge in [-0.05, 0) is 61.9 Å². The number of hydrazone groups is 1. The Kier molecular flexibility index (Phi) is 7.48. The lowest BCUT2D eigenvalue weighted by Gasteiger charge is -2.39. The third kappa shape index (κ3) is 5.78. The summed E-state index contributed by atoms with van der Waals surface area (Å²) < 4.78 is 37.6. The molecule has 0 unspecified atom stereocenters. The largest absolute Gasteiger partial charge is 0.490 e. The molecule has 36 heavy (non-hydrogen) atoms. The van der Waals surface area contributed by atoms with Gasteiger partial charge in [0.2, 0.25) is 0 Å². The number of nitrogens with zero attached hydrogens (tertiary/aromatic N) is 2. The number of anilines is 1. The van der Waals surface area contributed by atoms with Crippen molar-refractivity contribution in [3.8, 4) is 5.75 Å². The minimum absolute atomic E-state index is 0.0863. The monoisotopic (exact) mass is 504 g/mol. The van der Waals surface area contributed by atoms with Gasteiger partial charge < -0.3 is 20.1 Å². The summed E-state index contributed by atoms with van der Waals surface area (Å²) in [6, 6.07) is 17.3. The van der Waals surface area contributed by atoms with E-state index in [4.69, 9.17) is 14.6 Å². The number of amidine groups is 1. The fourth-order valence-electron chi connectivity index (χ4n) is 4.66. The number of carbonyl (C=O) groups excluding carboxylic acids is 1. The molecule has 0 aliphatic carbocycles. The predicted octanol–water partition coefficient (Wildman–Crippen LogP) is 3.43. The van der Waals surface area contributed by atoms with E-state index in [2.05, 4.69) is 64.4 Å². The second-order valence-electron chi connectivity index (χ2n) is 8.93. The molecule has 3 aliphatic rings. The molecule has 0 spiro atoms. The molecular formula is C25H27F3N4O4. The van der Waals surface area contributed by atoms with Gasteiger partial charge in [-0.15, -0.1) is 0 Å². The summed E-state index contributed by atoms with van der Waals surface area (Å²) in [6.45, 7) is 3.31. The van der Waals surface area contributed by atoms with Crippen molar-refractivity contribution >= 4 is 23.4 Å². The maximum Gasteiger partial charge on any atom is 0.490 e. The highest BCUT2D eigenvalue weighted by Gasteiger charge is 2.38. The molecule has 3 aliphatic heterocycles. The van der Waals surface area contributed by atoms with Crippen LogP contribution in [0.15, 0.2) is 53.6 Å². The van der Waals surface area contributed by atoms with Gasteiger partial charge in [0.05, 0.1) is 5.69 Å². The van der Waals surface area contributed by atoms with E-state index in [0.29, 0.717) is 18.6 Å². The molecule has 0 bridgehead atoms. The van der Waals surface area contributed by atoms with E-state index in [0.717, 1.165) is 43.1 Å². The highest BCUT2D eigenvalue weighted by molar-refractivity contribution is 6.09. The maximum atomic E-state index is 12.2. The topological polar surface area (TPSA) is 103 Å². The number of hydrogen-bond acceptors (Lipinski definition) is 6. The van der Waals surface area contributed by atoms with Gasteiger partial charge in [-0.25, -0.2) is 10.2 Å². The lowest BCUT2D eigenvalue weighted by atomic mass is 9.84. The second kappa shape index (κ2) is 10.6. The number of carboxylic acids is 1. The SMILES string of the molecule is C[C@@H]1C(=O)NN=C2COc3ccc([C@H]4CCN[C@H](Cc5ccccc5)C4)cc3N21.O=C(O)C(F)(F)F. The van der Waals surface area contributed by atoms with Gasteiger partial charge in [0, 0.05) is 6.04 Å². The second-order valence-corrected chi connectivity index (χ2v) is 8.93. The van der Waals surface area contributed by atoms with Crippen LogP contribution in [0.5, 0.6) is 5.75 Å². The number of rotatable bonds is 3. The molecule has 0 aromatic heterocycles. The van der Waals surface area contributed by atoms with Crippen LogP contribution in [0.25, 0.3) is 0 Å². The molecule has 2 aromatic carbocycles. The summed E-state index contributed by atoms with van der Waals surface area (Å²) in [5.74, 6) is -0.770. The lowest BCUT2D eigenvalue weighted by Crippen LogP contribution is -2.55. The van der Waals surface area contributed by atoms with E-state index < -0.39 is 12.1 Å². The van der Waals surface area contributed by atoms with Crippen LogP contribution in [-0.4, -0.2) is 54.2 Å². The van der Waals surface area contributed by atoms with Crippen molar-refractivity contribution in [2.45, 2.75) is 50.4 Å². The van der Waals surface area contributed by atoms with Crippen LogP contribution in [0.3, 0.4) is 0 Å². The van der Waals surface area contributed by atoms with Crippen molar-refractivity contribution in [1.29, 1.82) is 0 Å². The molecular weight excluding hydrogens is 477 g/mol. The molecule has 2 aromatic rings. The molecule has 5 rings (SSSR count). The Labute approximate surface area is 206 Å². The van der Waals surface area contributed by atoms with E-state index in [9.17, 15) is 18.0 Å². The number of nitrogens with one attached hydrogen (secondary N) is 2. The summed E-state index contributed by atoms with van der Waals surface area (Å²) in [5, 5.41) is 15.0. The molecule has 192 valence electrons. The number of halogens is 3. The van der Waals surface area contributed by atoms with Crippen molar-refractivity contribution in [2.75, 3.05) is 18.1 Å². The van der Waals surface area contributed by atoms with Gasteiger partial charge in [-0.3, -0.25) is 4.79 Å². The van der Waals surface area contributed by atoms with Crippen LogP contribution in [0.1, 0.15) is 36.8 Å². The number of aliphatic carboxylic acids is 1. The van der Waals surface area contributed by atoms with Crippen molar-refractivity contribution in [3.63, 3.8) is 0 Å². The van der Waals surface area contributed by atoms with Crippen LogP contribution in [-0.2, 0) is 16.0 Å². The van der Waals surface area contributed by atoms with E-state index in [1.165, 1.54) is 11.1 Å². The van der Waals surface area contributed by atoms with Gasteiger partial charge in [0.25, 0.3) is 5.91 Å². The highest BCUT2D eigenvalue weighted by Crippen LogP contribution is 2.39. The molecule has 1 saturated heterocycles. The first kappa shape index (κ1) is 25.5. The lowest BCUT2D eigenvalue weighted by molar-refractivity contribution is -0.192. The highest BCUT2D eigenvalue weighted by atomic mass is 19.4. The molecule has 1 amide bonds. The Morgan fingerprint density at radius 1 is 1.22 bits per heavy atom. The molecule has 0 radical (unpaired) electrons. The third-order valence-electron chi connectivity index (χ3n) is 6.47. The number of ether oxygens (including phenoxy) is 1. The van der Waals surface area contributed by atoms with Crippen LogP contribution in [0, 0.1) is 0 Å². The summed E-state index contributed by atoms with van der Waals surface area (Å²) >= 11 is 0. The maximum absolute atomic E-state index is 12.2. The quantitative estimate of drug-likeness (QED) is 0.592. The molecule has 3 heterocycles. The predicted molar refractivity (Wildman–Crippen MR) is 127 cm³/mol. The Balaban J connectivity index is 0.000000384. The third-order valence-corrected chi connectivity index (χ3v) is 6.47. The van der Waals surface area contributed by atoms with Gasteiger partial charge in [-0.1, -0.05) is 36.4 Å². The fraction of sp³-hybridized carbons (Fsp3) is 0.400. The average molecular weight is 505 g/mol. The van der Waals surface area contributed by atoms with E-state index >= 15 is 0 Å². The average Bonchev–Trinajstić information content (AvgIpc) is 2.86. The number of amides is 1. The zero-order valence-electron chi connectivity index (χ0n) is 19.6. The number of hydrogen-bond donors (Lipinski definition) is 3. The Morgan fingerprint density at radius 3 is 2.64 bits per heavy atom. The van der Waals surface area contributed by atoms with Gasteiger partial charge in [0.1, 0.15) is 18.4 Å². The van der Waals surface area contributed by atoms with Crippen molar-refractivity contribution in [1.82, 2.24) is 10.7 Å². The van der Waals surface area contributed by atoms with Gasteiger partial charge >= 0.3 is 12.1 Å². The smallest absolute Gasteiger partial charge is 0.483 e. The first-order chi connectivity index (χ1) is 17.1. The summed E-state index contributed by atoms with van der Waals surface area (Å²) in [6.07, 6.45) is -1.82. The molecule has 11 heteroatoms. The molecule has 3 N–H and O–H groups in total. The zero-order valence-corrected chi connectivity index (χ0v) is 19.6. The fourth-order valence-corrected chi connectivity index (χ4v) is 4.66. The van der Waals surface area contributed by atoms with Crippen molar-refractivity contribution < 1.29 is 32.6 Å². The Morgan fingerprint density at radius 2 is 1.94 bits per heavy atom. The van der Waals surface area contributed by atoms with E-state index in [1.54, 1.807) is 0 Å². The molecule has 8 nitrogen and oxygen atoms in total. The minimum Gasteiger partial charge on any atom is -0.483 e. The summed E-state index contributed by atoms with van der Waals surface area (Å²) in [4.78, 5) is 23.1. The minimum atomic E-state index is -5.08. The van der Waals surface area contributed by atoms with Crippen molar-refractivity contribution in [2.24, 2.45) is 5.10 Å². The summed E-state index contributed by atoms with van der Waals surface area (Å²) in [5.41, 5.74) is 6.22. The number of alkyl halides is 3. The number of fused-ring (bicyclic) bond motifs is 3. The van der Waals surface area contributed by atoms with Crippen LogP contribution < -0.4 is 20.4 Å². The van der Waals surface area contributed by atoms with Gasteiger partial charge in [-0.2, -0.15) is 18.3 Å². The first-order valence-corrected chi connectivity index (χ1v) is 11.6. The molecule has 3 atom stereocenters. The number of carbonyl (C=O) groups is 2. The number of piperidine rings is 1. The Bertz CT molecular complexity index is 1140. The van der Waals surface area contributed by atoms with Crippen LogP contribution >= 0.6 is 0 Å². The van der Waals surface area contributed by atoms with Crippen LogP contribution in [0.4, 0.5) is 18.9 Å². The molecule has 0 saturated carbocycles. The van der Waals surface area contributed by atoms with Crippen LogP contribution in [0.2, 0.25) is 0 Å². The standard InChI is InChI=1S/C23H26N4O2.C2HF3O2/c1-15-23(28)26-25-22-14-29-21-8-7-17(13-20(21)27(15)22)18-9-10-24-19(12-18)11-16-5-3-2-4-6-16;3-2(4,5)1(6)7/h2-8,13,15,18-19,24H,9-12,14H2,1H3,(H,26,28);(H,6,7)/t15-,18+,19-;/m1./s1.